The van der Waals surface area contributed by atoms with Gasteiger partial charge in [0, 0.05) is 11.3 Å². The third kappa shape index (κ3) is 5.97. The zero-order valence-electron chi connectivity index (χ0n) is 16.5. The van der Waals surface area contributed by atoms with E-state index in [9.17, 15) is 22.8 Å². The average molecular weight is 423 g/mol. The number of rotatable bonds is 7. The Kier molecular flexibility index (Phi) is 7.40. The van der Waals surface area contributed by atoms with Crippen LogP contribution in [-0.4, -0.2) is 31.7 Å². The highest BCUT2D eigenvalue weighted by atomic mass is 19.4. The van der Waals surface area contributed by atoms with E-state index in [1.807, 2.05) is 0 Å². The number of methoxy groups -OCH3 is 2. The lowest BCUT2D eigenvalue weighted by atomic mass is 10.1. The Hall–Kier alpha value is -3.56. The van der Waals surface area contributed by atoms with Gasteiger partial charge in [-0.05, 0) is 37.3 Å². The van der Waals surface area contributed by atoms with Crippen LogP contribution in [0, 0.1) is 0 Å². The van der Waals surface area contributed by atoms with E-state index < -0.39 is 23.6 Å². The first kappa shape index (κ1) is 22.7. The second-order valence-corrected chi connectivity index (χ2v) is 6.13. The van der Waals surface area contributed by atoms with Crippen LogP contribution in [0.2, 0.25) is 0 Å². The highest BCUT2D eigenvalue weighted by molar-refractivity contribution is 6.06. The molecule has 2 aromatic rings. The number of ether oxygens (including phenoxy) is 2. The van der Waals surface area contributed by atoms with Crippen molar-refractivity contribution in [1.29, 1.82) is 0 Å². The van der Waals surface area contributed by atoms with Crippen molar-refractivity contribution >= 4 is 23.2 Å². The van der Waals surface area contributed by atoms with E-state index in [0.717, 1.165) is 12.1 Å². The Labute approximate surface area is 170 Å². The molecule has 2 N–H and O–H groups in total. The van der Waals surface area contributed by atoms with E-state index in [0.29, 0.717) is 11.5 Å². The number of halogens is 3. The summed E-state index contributed by atoms with van der Waals surface area (Å²) in [6.45, 7) is 1.46. The predicted molar refractivity (Wildman–Crippen MR) is 105 cm³/mol. The van der Waals surface area contributed by atoms with Crippen LogP contribution in [0.3, 0.4) is 0 Å². The summed E-state index contributed by atoms with van der Waals surface area (Å²) in [6.07, 6.45) is -4.90. The van der Waals surface area contributed by atoms with Crippen LogP contribution in [0.15, 0.2) is 47.6 Å². The summed E-state index contributed by atoms with van der Waals surface area (Å²) in [6, 6.07) is 9.16. The maximum absolute atomic E-state index is 13.0. The molecule has 0 fully saturated rings. The maximum Gasteiger partial charge on any atom is 0.418 e. The monoisotopic (exact) mass is 423 g/mol. The van der Waals surface area contributed by atoms with E-state index in [4.69, 9.17) is 9.47 Å². The molecule has 2 amide bonds. The van der Waals surface area contributed by atoms with Crippen LogP contribution in [0.5, 0.6) is 11.5 Å². The van der Waals surface area contributed by atoms with Gasteiger partial charge in [-0.25, -0.2) is 5.43 Å². The predicted octanol–water partition coefficient (Wildman–Crippen LogP) is 3.86. The van der Waals surface area contributed by atoms with Gasteiger partial charge in [-0.1, -0.05) is 12.1 Å². The Morgan fingerprint density at radius 3 is 2.33 bits per heavy atom. The normalized spacial score (nSPS) is 11.6. The number of nitrogens with one attached hydrogen (secondary N) is 2. The maximum atomic E-state index is 13.0. The summed E-state index contributed by atoms with van der Waals surface area (Å²) in [4.78, 5) is 24.3. The van der Waals surface area contributed by atoms with Gasteiger partial charge < -0.3 is 14.8 Å². The van der Waals surface area contributed by atoms with Crippen LogP contribution < -0.4 is 20.2 Å². The fraction of sp³-hybridized carbons (Fsp3) is 0.250. The van der Waals surface area contributed by atoms with Gasteiger partial charge in [-0.15, -0.1) is 0 Å². The third-order valence-electron chi connectivity index (χ3n) is 3.92. The van der Waals surface area contributed by atoms with Crippen LogP contribution >= 0.6 is 0 Å². The Balaban J connectivity index is 2.00. The number of hydrazone groups is 1. The zero-order valence-corrected chi connectivity index (χ0v) is 16.5. The van der Waals surface area contributed by atoms with Gasteiger partial charge >= 0.3 is 6.18 Å². The summed E-state index contributed by atoms with van der Waals surface area (Å²) >= 11 is 0. The lowest BCUT2D eigenvalue weighted by Crippen LogP contribution is -2.22. The smallest absolute Gasteiger partial charge is 0.418 e. The highest BCUT2D eigenvalue weighted by Gasteiger charge is 2.33. The van der Waals surface area contributed by atoms with Gasteiger partial charge in [-0.3, -0.25) is 9.59 Å². The van der Waals surface area contributed by atoms with Crippen LogP contribution in [0.25, 0.3) is 0 Å². The van der Waals surface area contributed by atoms with E-state index in [-0.39, 0.29) is 23.4 Å². The molecule has 0 aliphatic rings. The number of carbonyl (C=O) groups is 2. The molecule has 0 aliphatic carbocycles. The molecule has 0 heterocycles. The molecule has 7 nitrogen and oxygen atoms in total. The number of hydrogen-bond acceptors (Lipinski definition) is 5. The van der Waals surface area contributed by atoms with Crippen molar-refractivity contribution in [2.45, 2.75) is 19.5 Å². The molecule has 10 heteroatoms. The lowest BCUT2D eigenvalue weighted by Gasteiger charge is -2.13. The quantitative estimate of drug-likeness (QED) is 0.523. The summed E-state index contributed by atoms with van der Waals surface area (Å²) in [7, 11) is 2.89. The molecule has 0 atom stereocenters. The Morgan fingerprint density at radius 1 is 1.03 bits per heavy atom. The number of carbonyl (C=O) groups excluding carboxylic acids is 2. The molecular formula is C20H20F3N3O4. The number of hydrogen-bond donors (Lipinski definition) is 2. The molecule has 30 heavy (non-hydrogen) atoms. The van der Waals surface area contributed by atoms with Crippen molar-refractivity contribution in [1.82, 2.24) is 5.43 Å². The van der Waals surface area contributed by atoms with Crippen LogP contribution in [-0.2, 0) is 11.0 Å². The molecule has 0 bridgehead atoms. The average Bonchev–Trinajstić information content (AvgIpc) is 2.70. The minimum atomic E-state index is -4.60. The number of amides is 2. The molecule has 2 rings (SSSR count). The molecule has 0 saturated carbocycles. The van der Waals surface area contributed by atoms with Crippen molar-refractivity contribution in [3.05, 3.63) is 53.6 Å². The second-order valence-electron chi connectivity index (χ2n) is 6.13. The van der Waals surface area contributed by atoms with Crippen molar-refractivity contribution in [2.24, 2.45) is 5.10 Å². The third-order valence-corrected chi connectivity index (χ3v) is 3.92. The van der Waals surface area contributed by atoms with E-state index >= 15 is 0 Å². The molecule has 0 spiro atoms. The fourth-order valence-electron chi connectivity index (χ4n) is 2.49. The Bertz CT molecular complexity index is 959. The molecular weight excluding hydrogens is 403 g/mol. The zero-order chi connectivity index (χ0) is 22.3. The summed E-state index contributed by atoms with van der Waals surface area (Å²) in [5.41, 5.74) is 1.43. The number of alkyl halides is 3. The second kappa shape index (κ2) is 9.77. The van der Waals surface area contributed by atoms with Crippen molar-refractivity contribution < 1.29 is 32.2 Å². The van der Waals surface area contributed by atoms with Crippen molar-refractivity contribution in [3.8, 4) is 11.5 Å². The minimum Gasteiger partial charge on any atom is -0.493 e. The number of nitrogens with zero attached hydrogens (tertiary/aromatic N) is 1. The van der Waals surface area contributed by atoms with Crippen molar-refractivity contribution in [2.75, 3.05) is 19.5 Å². The van der Waals surface area contributed by atoms with Crippen molar-refractivity contribution in [3.63, 3.8) is 0 Å². The molecule has 0 radical (unpaired) electrons. The first-order chi connectivity index (χ1) is 14.2. The first-order valence-corrected chi connectivity index (χ1v) is 8.67. The largest absolute Gasteiger partial charge is 0.493 e. The van der Waals surface area contributed by atoms with E-state index in [1.54, 1.807) is 6.07 Å². The van der Waals surface area contributed by atoms with E-state index in [1.165, 1.54) is 45.4 Å². The fourth-order valence-corrected chi connectivity index (χ4v) is 2.49. The molecule has 2 aromatic carbocycles. The summed E-state index contributed by atoms with van der Waals surface area (Å²) in [5.74, 6) is -0.454. The van der Waals surface area contributed by atoms with Gasteiger partial charge in [0.15, 0.2) is 11.5 Å². The van der Waals surface area contributed by atoms with Crippen LogP contribution in [0.4, 0.5) is 18.9 Å². The van der Waals surface area contributed by atoms with Gasteiger partial charge in [0.2, 0.25) is 5.91 Å². The standard InChI is InChI=1S/C20H20F3N3O4/c1-12(10-18(27)24-15-7-5-4-6-14(15)20(21,22)23)25-26-19(28)13-8-9-16(29-2)17(11-13)30-3/h4-9,11H,10H2,1-3H3,(H,24,27)(H,26,28)/b25-12+. The first-order valence-electron chi connectivity index (χ1n) is 8.67. The summed E-state index contributed by atoms with van der Waals surface area (Å²) < 4.78 is 49.2. The van der Waals surface area contributed by atoms with E-state index in [2.05, 4.69) is 15.8 Å². The Morgan fingerprint density at radius 2 is 1.70 bits per heavy atom. The number of anilines is 1. The van der Waals surface area contributed by atoms with Gasteiger partial charge in [0.05, 0.1) is 31.9 Å². The van der Waals surface area contributed by atoms with Gasteiger partial charge in [-0.2, -0.15) is 18.3 Å². The van der Waals surface area contributed by atoms with Gasteiger partial charge in [0.25, 0.3) is 5.91 Å². The number of para-hydroxylation sites is 1. The molecule has 160 valence electrons. The lowest BCUT2D eigenvalue weighted by molar-refractivity contribution is -0.137. The molecule has 0 unspecified atom stereocenters. The highest BCUT2D eigenvalue weighted by Crippen LogP contribution is 2.34. The summed E-state index contributed by atoms with van der Waals surface area (Å²) in [5, 5.41) is 6.03. The van der Waals surface area contributed by atoms with Crippen LogP contribution in [0.1, 0.15) is 29.3 Å². The minimum absolute atomic E-state index is 0.200. The molecule has 0 aliphatic heterocycles. The molecule has 0 saturated heterocycles. The van der Waals surface area contributed by atoms with Gasteiger partial charge in [0.1, 0.15) is 0 Å². The topological polar surface area (TPSA) is 89.0 Å². The number of benzene rings is 2. The SMILES string of the molecule is COc1ccc(C(=O)N/N=C(\C)CC(=O)Nc2ccccc2C(F)(F)F)cc1OC. The molecule has 0 aromatic heterocycles.